The van der Waals surface area contributed by atoms with E-state index in [9.17, 15) is 4.79 Å². The number of carbonyl (C=O) groups excluding carboxylic acids is 1. The number of amides is 2. The number of aliphatic hydroxyl groups excluding tert-OH is 1. The molecule has 0 aliphatic carbocycles. The lowest BCUT2D eigenvalue weighted by atomic mass is 10.1. The minimum atomic E-state index is -0.259. The third-order valence-corrected chi connectivity index (χ3v) is 3.59. The van der Waals surface area contributed by atoms with E-state index >= 15 is 0 Å². The molecule has 0 bridgehead atoms. The number of carbonyl (C=O) groups is 1. The first-order valence-electron chi connectivity index (χ1n) is 8.09. The highest BCUT2D eigenvalue weighted by Crippen LogP contribution is 2.18. The number of aryl methyl sites for hydroxylation is 1. The number of ether oxygens (including phenoxy) is 1. The van der Waals surface area contributed by atoms with Crippen LogP contribution in [0.25, 0.3) is 0 Å². The van der Waals surface area contributed by atoms with E-state index in [1.165, 1.54) is 10.5 Å². The van der Waals surface area contributed by atoms with Crippen LogP contribution in [0.2, 0.25) is 0 Å². The van der Waals surface area contributed by atoms with Crippen LogP contribution in [0, 0.1) is 0 Å². The first-order chi connectivity index (χ1) is 11.7. The van der Waals surface area contributed by atoms with E-state index in [-0.39, 0.29) is 12.6 Å². The monoisotopic (exact) mass is 328 g/mol. The molecule has 5 heteroatoms. The lowest BCUT2D eigenvalue weighted by molar-refractivity contribution is 0.202. The molecular formula is C19H24N2O3. The van der Waals surface area contributed by atoms with Gasteiger partial charge < -0.3 is 20.1 Å². The number of nitrogens with one attached hydrogen (secondary N) is 1. The van der Waals surface area contributed by atoms with Crippen LogP contribution in [-0.4, -0.2) is 42.8 Å². The fraction of sp³-hybridized carbons (Fsp3) is 0.316. The third-order valence-electron chi connectivity index (χ3n) is 3.59. The molecular weight excluding hydrogens is 304 g/mol. The molecule has 0 aromatic heterocycles. The zero-order valence-corrected chi connectivity index (χ0v) is 13.9. The lowest BCUT2D eigenvalue weighted by Gasteiger charge is -2.17. The molecule has 0 unspecified atom stereocenters. The fourth-order valence-corrected chi connectivity index (χ4v) is 2.25. The number of anilines is 1. The maximum absolute atomic E-state index is 11.9. The summed E-state index contributed by atoms with van der Waals surface area (Å²) in [6.07, 6.45) is 1.91. The average Bonchev–Trinajstić information content (AvgIpc) is 2.60. The SMILES string of the molecule is CN(CCO)C(=O)Nc1cccc(OCCCc2ccccc2)c1. The highest BCUT2D eigenvalue weighted by Gasteiger charge is 2.08. The van der Waals surface area contributed by atoms with Crippen LogP contribution in [-0.2, 0) is 6.42 Å². The Labute approximate surface area is 142 Å². The molecule has 0 fully saturated rings. The standard InChI is InChI=1S/C19H24N2O3/c1-21(12-13-22)19(23)20-17-10-5-11-18(15-17)24-14-6-9-16-7-3-2-4-8-16/h2-5,7-8,10-11,15,22H,6,9,12-14H2,1H3,(H,20,23). The van der Waals surface area contributed by atoms with Gasteiger partial charge in [-0.1, -0.05) is 36.4 Å². The van der Waals surface area contributed by atoms with Gasteiger partial charge in [0.25, 0.3) is 0 Å². The summed E-state index contributed by atoms with van der Waals surface area (Å²) < 4.78 is 5.75. The molecule has 0 saturated heterocycles. The fourth-order valence-electron chi connectivity index (χ4n) is 2.25. The van der Waals surface area contributed by atoms with Gasteiger partial charge >= 0.3 is 6.03 Å². The molecule has 2 aromatic rings. The zero-order valence-electron chi connectivity index (χ0n) is 13.9. The maximum Gasteiger partial charge on any atom is 0.321 e. The van der Waals surface area contributed by atoms with E-state index < -0.39 is 0 Å². The molecule has 128 valence electrons. The van der Waals surface area contributed by atoms with Crippen molar-refractivity contribution in [2.75, 3.05) is 32.1 Å². The number of hydrogen-bond donors (Lipinski definition) is 2. The molecule has 0 radical (unpaired) electrons. The minimum Gasteiger partial charge on any atom is -0.494 e. The van der Waals surface area contributed by atoms with E-state index in [1.54, 1.807) is 13.1 Å². The summed E-state index contributed by atoms with van der Waals surface area (Å²) in [6.45, 7) is 0.854. The van der Waals surface area contributed by atoms with E-state index in [0.717, 1.165) is 18.6 Å². The molecule has 2 aromatic carbocycles. The molecule has 0 atom stereocenters. The Morgan fingerprint density at radius 2 is 1.96 bits per heavy atom. The number of hydrogen-bond acceptors (Lipinski definition) is 3. The van der Waals surface area contributed by atoms with Gasteiger partial charge in [0.15, 0.2) is 0 Å². The largest absolute Gasteiger partial charge is 0.494 e. The molecule has 0 aliphatic heterocycles. The molecule has 0 heterocycles. The molecule has 24 heavy (non-hydrogen) atoms. The number of urea groups is 1. The van der Waals surface area contributed by atoms with Gasteiger partial charge in [-0.2, -0.15) is 0 Å². The normalized spacial score (nSPS) is 10.2. The van der Waals surface area contributed by atoms with Crippen molar-refractivity contribution in [1.29, 1.82) is 0 Å². The zero-order chi connectivity index (χ0) is 17.2. The van der Waals surface area contributed by atoms with Crippen molar-refractivity contribution < 1.29 is 14.6 Å². The highest BCUT2D eigenvalue weighted by molar-refractivity contribution is 5.89. The van der Waals surface area contributed by atoms with Crippen molar-refractivity contribution in [3.8, 4) is 5.75 Å². The Hall–Kier alpha value is -2.53. The number of aliphatic hydroxyl groups is 1. The highest BCUT2D eigenvalue weighted by atomic mass is 16.5. The van der Waals surface area contributed by atoms with Gasteiger partial charge in [-0.15, -0.1) is 0 Å². The van der Waals surface area contributed by atoms with Crippen molar-refractivity contribution in [2.24, 2.45) is 0 Å². The topological polar surface area (TPSA) is 61.8 Å². The van der Waals surface area contributed by atoms with Crippen molar-refractivity contribution in [3.05, 3.63) is 60.2 Å². The molecule has 5 nitrogen and oxygen atoms in total. The average molecular weight is 328 g/mol. The second-order valence-corrected chi connectivity index (χ2v) is 5.54. The molecule has 2 N–H and O–H groups in total. The second-order valence-electron chi connectivity index (χ2n) is 5.54. The van der Waals surface area contributed by atoms with Crippen LogP contribution in [0.3, 0.4) is 0 Å². The summed E-state index contributed by atoms with van der Waals surface area (Å²) in [7, 11) is 1.63. The van der Waals surface area contributed by atoms with Crippen molar-refractivity contribution in [2.45, 2.75) is 12.8 Å². The van der Waals surface area contributed by atoms with Crippen molar-refractivity contribution >= 4 is 11.7 Å². The third kappa shape index (κ3) is 5.93. The Morgan fingerprint density at radius 3 is 2.71 bits per heavy atom. The lowest BCUT2D eigenvalue weighted by Crippen LogP contribution is -2.33. The summed E-state index contributed by atoms with van der Waals surface area (Å²) in [5.74, 6) is 0.727. The van der Waals surface area contributed by atoms with Gasteiger partial charge in [-0.3, -0.25) is 0 Å². The summed E-state index contributed by atoms with van der Waals surface area (Å²) >= 11 is 0. The van der Waals surface area contributed by atoms with Crippen LogP contribution in [0.15, 0.2) is 54.6 Å². The number of rotatable bonds is 8. The summed E-state index contributed by atoms with van der Waals surface area (Å²) in [4.78, 5) is 13.3. The van der Waals surface area contributed by atoms with Crippen molar-refractivity contribution in [3.63, 3.8) is 0 Å². The van der Waals surface area contributed by atoms with Gasteiger partial charge in [0, 0.05) is 25.3 Å². The molecule has 0 saturated carbocycles. The van der Waals surface area contributed by atoms with Crippen LogP contribution in [0.1, 0.15) is 12.0 Å². The van der Waals surface area contributed by atoms with Gasteiger partial charge in [0.1, 0.15) is 5.75 Å². The van der Waals surface area contributed by atoms with Crippen LogP contribution < -0.4 is 10.1 Å². The summed E-state index contributed by atoms with van der Waals surface area (Å²) in [6, 6.07) is 17.4. The predicted octanol–water partition coefficient (Wildman–Crippen LogP) is 3.15. The first kappa shape index (κ1) is 17.8. The van der Waals surface area contributed by atoms with E-state index in [1.807, 2.05) is 36.4 Å². The van der Waals surface area contributed by atoms with E-state index in [2.05, 4.69) is 17.4 Å². The van der Waals surface area contributed by atoms with Crippen LogP contribution in [0.5, 0.6) is 5.75 Å². The maximum atomic E-state index is 11.9. The van der Waals surface area contributed by atoms with Gasteiger partial charge in [0.05, 0.1) is 13.2 Å². The smallest absolute Gasteiger partial charge is 0.321 e. The molecule has 2 amide bonds. The predicted molar refractivity (Wildman–Crippen MR) is 95.4 cm³/mol. The Morgan fingerprint density at radius 1 is 1.17 bits per heavy atom. The van der Waals surface area contributed by atoms with Gasteiger partial charge in [-0.05, 0) is 30.5 Å². The van der Waals surface area contributed by atoms with Gasteiger partial charge in [0.2, 0.25) is 0 Å². The number of likely N-dealkylation sites (N-methyl/N-ethyl adjacent to an activating group) is 1. The Kier molecular flexibility index (Phi) is 7.11. The molecule has 0 spiro atoms. The van der Waals surface area contributed by atoms with Crippen molar-refractivity contribution in [1.82, 2.24) is 4.90 Å². The minimum absolute atomic E-state index is 0.0610. The first-order valence-corrected chi connectivity index (χ1v) is 8.09. The molecule has 2 rings (SSSR count). The quantitative estimate of drug-likeness (QED) is 0.732. The summed E-state index contributed by atoms with van der Waals surface area (Å²) in [5.41, 5.74) is 1.97. The van der Waals surface area contributed by atoms with Crippen LogP contribution >= 0.6 is 0 Å². The van der Waals surface area contributed by atoms with Gasteiger partial charge in [-0.25, -0.2) is 4.79 Å². The number of nitrogens with zero attached hydrogens (tertiary/aromatic N) is 1. The Balaban J connectivity index is 1.79. The van der Waals surface area contributed by atoms with E-state index in [4.69, 9.17) is 9.84 Å². The molecule has 0 aliphatic rings. The summed E-state index contributed by atoms with van der Waals surface area (Å²) in [5, 5.41) is 11.6. The van der Waals surface area contributed by atoms with E-state index in [0.29, 0.717) is 18.8 Å². The Bertz CT molecular complexity index is 632. The second kappa shape index (κ2) is 9.57. The van der Waals surface area contributed by atoms with Crippen LogP contribution in [0.4, 0.5) is 10.5 Å². The number of benzene rings is 2.